The fourth-order valence-corrected chi connectivity index (χ4v) is 4.98. The molecule has 33 heavy (non-hydrogen) atoms. The summed E-state index contributed by atoms with van der Waals surface area (Å²) >= 11 is 0. The van der Waals surface area contributed by atoms with Crippen molar-refractivity contribution in [1.29, 1.82) is 0 Å². The lowest BCUT2D eigenvalue weighted by atomic mass is 10.0. The second-order valence-electron chi connectivity index (χ2n) is 8.35. The fraction of sp³-hybridized carbons (Fsp3) is 0. The third-order valence-corrected chi connectivity index (χ3v) is 6.46. The van der Waals surface area contributed by atoms with Gasteiger partial charge in [-0.1, -0.05) is 60.7 Å². The van der Waals surface area contributed by atoms with Crippen LogP contribution in [0.5, 0.6) is 0 Å². The molecule has 0 saturated carbocycles. The number of furan rings is 1. The zero-order chi connectivity index (χ0) is 21.9. The predicted octanol–water partition coefficient (Wildman–Crippen LogP) is 8.49. The summed E-state index contributed by atoms with van der Waals surface area (Å²) in [5, 5.41) is 3.79. The Balaban J connectivity index is 1.46. The molecule has 7 aromatic rings. The number of hydrogen-bond donors (Lipinski definition) is 0. The van der Waals surface area contributed by atoms with E-state index in [1.165, 1.54) is 6.07 Å². The molecule has 0 unspecified atom stereocenters. The second kappa shape index (κ2) is 6.81. The Bertz CT molecular complexity index is 1840. The molecule has 0 aliphatic heterocycles. The average Bonchev–Trinajstić information content (AvgIpc) is 3.40. The Morgan fingerprint density at radius 3 is 2.21 bits per heavy atom. The number of hydrogen-bond acceptors (Lipinski definition) is 1. The molecular weight excluding hydrogens is 409 g/mol. The maximum absolute atomic E-state index is 14.8. The highest BCUT2D eigenvalue weighted by atomic mass is 19.1. The molecule has 0 aliphatic carbocycles. The first-order valence-corrected chi connectivity index (χ1v) is 11.0. The van der Waals surface area contributed by atoms with Crippen LogP contribution in [-0.2, 0) is 0 Å². The first-order chi connectivity index (χ1) is 16.3. The van der Waals surface area contributed by atoms with Gasteiger partial charge in [0.05, 0.1) is 11.0 Å². The number of aromatic nitrogens is 1. The Morgan fingerprint density at radius 2 is 1.27 bits per heavy atom. The largest absolute Gasteiger partial charge is 0.456 e. The van der Waals surface area contributed by atoms with E-state index in [2.05, 4.69) is 47.0 Å². The van der Waals surface area contributed by atoms with Gasteiger partial charge in [0, 0.05) is 27.2 Å². The van der Waals surface area contributed by atoms with E-state index in [0.717, 1.165) is 55.2 Å². The molecule has 0 spiro atoms. The van der Waals surface area contributed by atoms with Gasteiger partial charge in [0.25, 0.3) is 0 Å². The van der Waals surface area contributed by atoms with E-state index in [0.29, 0.717) is 5.39 Å². The van der Waals surface area contributed by atoms with E-state index in [-0.39, 0.29) is 5.82 Å². The minimum Gasteiger partial charge on any atom is -0.456 e. The van der Waals surface area contributed by atoms with Crippen LogP contribution in [0.3, 0.4) is 0 Å². The van der Waals surface area contributed by atoms with Crippen molar-refractivity contribution in [2.24, 2.45) is 0 Å². The lowest BCUT2D eigenvalue weighted by molar-refractivity contribution is 0.640. The first-order valence-electron chi connectivity index (χ1n) is 11.0. The van der Waals surface area contributed by atoms with Crippen LogP contribution in [0.15, 0.2) is 114 Å². The Hall–Kier alpha value is -4.37. The van der Waals surface area contributed by atoms with Crippen LogP contribution in [-0.4, -0.2) is 4.57 Å². The van der Waals surface area contributed by atoms with Gasteiger partial charge in [-0.05, 0) is 59.7 Å². The molecule has 2 nitrogen and oxygen atoms in total. The zero-order valence-corrected chi connectivity index (χ0v) is 17.6. The summed E-state index contributed by atoms with van der Waals surface area (Å²) in [6.07, 6.45) is 0. The lowest BCUT2D eigenvalue weighted by Crippen LogP contribution is -1.94. The van der Waals surface area contributed by atoms with E-state index in [4.69, 9.17) is 4.42 Å². The molecule has 3 heteroatoms. The number of rotatable bonds is 2. The highest BCUT2D eigenvalue weighted by Gasteiger charge is 2.15. The van der Waals surface area contributed by atoms with Gasteiger partial charge < -0.3 is 8.98 Å². The molecule has 156 valence electrons. The molecule has 0 atom stereocenters. The maximum atomic E-state index is 14.8. The van der Waals surface area contributed by atoms with E-state index in [1.54, 1.807) is 6.07 Å². The van der Waals surface area contributed by atoms with Gasteiger partial charge in [-0.3, -0.25) is 0 Å². The van der Waals surface area contributed by atoms with E-state index < -0.39 is 0 Å². The van der Waals surface area contributed by atoms with Crippen molar-refractivity contribution in [2.45, 2.75) is 0 Å². The van der Waals surface area contributed by atoms with Gasteiger partial charge in [-0.15, -0.1) is 0 Å². The highest BCUT2D eigenvalue weighted by Crippen LogP contribution is 2.36. The van der Waals surface area contributed by atoms with Gasteiger partial charge in [0.2, 0.25) is 0 Å². The Morgan fingerprint density at radius 1 is 0.545 bits per heavy atom. The number of halogens is 1. The summed E-state index contributed by atoms with van der Waals surface area (Å²) in [6.45, 7) is 0. The molecular formula is C30H18FNO. The average molecular weight is 427 g/mol. The van der Waals surface area contributed by atoms with Crippen molar-refractivity contribution in [3.05, 3.63) is 115 Å². The highest BCUT2D eigenvalue weighted by molar-refractivity contribution is 6.10. The number of para-hydroxylation sites is 2. The normalized spacial score (nSPS) is 11.8. The standard InChI is InChI=1S/C30H18FNO/c31-25-11-6-13-27-30(25)23-10-1-3-12-26(23)32(27)21-8-5-7-19(17-21)20-15-16-29-24(18-20)22-9-2-4-14-28(22)33-29/h1-18H. The molecule has 2 heterocycles. The van der Waals surface area contributed by atoms with E-state index in [9.17, 15) is 4.39 Å². The number of benzene rings is 5. The summed E-state index contributed by atoms with van der Waals surface area (Å²) in [5.74, 6) is -0.198. The van der Waals surface area contributed by atoms with Crippen LogP contribution >= 0.6 is 0 Å². The Labute approximate surface area is 189 Å². The van der Waals surface area contributed by atoms with Crippen molar-refractivity contribution in [3.63, 3.8) is 0 Å². The molecule has 0 radical (unpaired) electrons. The quantitative estimate of drug-likeness (QED) is 0.270. The molecule has 2 aromatic heterocycles. The monoisotopic (exact) mass is 427 g/mol. The fourth-order valence-electron chi connectivity index (χ4n) is 4.98. The van der Waals surface area contributed by atoms with Crippen molar-refractivity contribution in [1.82, 2.24) is 4.57 Å². The lowest BCUT2D eigenvalue weighted by Gasteiger charge is -2.10. The summed E-state index contributed by atoms with van der Waals surface area (Å²) in [6, 6.07) is 36.1. The van der Waals surface area contributed by atoms with Gasteiger partial charge in [-0.2, -0.15) is 0 Å². The maximum Gasteiger partial charge on any atom is 0.135 e. The van der Waals surface area contributed by atoms with Crippen LogP contribution in [0.2, 0.25) is 0 Å². The van der Waals surface area contributed by atoms with Gasteiger partial charge >= 0.3 is 0 Å². The van der Waals surface area contributed by atoms with Crippen molar-refractivity contribution < 1.29 is 8.81 Å². The number of fused-ring (bicyclic) bond motifs is 6. The summed E-state index contributed by atoms with van der Waals surface area (Å²) in [7, 11) is 0. The smallest absolute Gasteiger partial charge is 0.135 e. The van der Waals surface area contributed by atoms with Crippen molar-refractivity contribution >= 4 is 43.7 Å². The minimum atomic E-state index is -0.198. The molecule has 0 fully saturated rings. The molecule has 5 aromatic carbocycles. The topological polar surface area (TPSA) is 18.1 Å². The van der Waals surface area contributed by atoms with Gasteiger partial charge in [-0.25, -0.2) is 4.39 Å². The first kappa shape index (κ1) is 18.2. The molecule has 0 saturated heterocycles. The SMILES string of the molecule is Fc1cccc2c1c1ccccc1n2-c1cccc(-c2ccc3oc4ccccc4c3c2)c1. The summed E-state index contributed by atoms with van der Waals surface area (Å²) in [4.78, 5) is 0. The zero-order valence-electron chi connectivity index (χ0n) is 17.6. The third kappa shape index (κ3) is 2.66. The molecule has 0 aliphatic rings. The summed E-state index contributed by atoms with van der Waals surface area (Å²) in [5.41, 5.74) is 6.85. The molecule has 7 rings (SSSR count). The van der Waals surface area contributed by atoms with Crippen LogP contribution < -0.4 is 0 Å². The minimum absolute atomic E-state index is 0.198. The number of nitrogens with zero attached hydrogens (tertiary/aromatic N) is 1. The third-order valence-electron chi connectivity index (χ3n) is 6.46. The van der Waals surface area contributed by atoms with Crippen LogP contribution in [0.4, 0.5) is 4.39 Å². The second-order valence-corrected chi connectivity index (χ2v) is 8.35. The Kier molecular flexibility index (Phi) is 3.76. The molecule has 0 amide bonds. The van der Waals surface area contributed by atoms with Gasteiger partial charge in [0.15, 0.2) is 0 Å². The predicted molar refractivity (Wildman–Crippen MR) is 133 cm³/mol. The van der Waals surface area contributed by atoms with Crippen molar-refractivity contribution in [3.8, 4) is 16.8 Å². The molecule has 0 N–H and O–H groups in total. The van der Waals surface area contributed by atoms with Crippen LogP contribution in [0.1, 0.15) is 0 Å². The molecule has 0 bridgehead atoms. The summed E-state index contributed by atoms with van der Waals surface area (Å²) < 4.78 is 22.9. The van der Waals surface area contributed by atoms with Crippen LogP contribution in [0.25, 0.3) is 60.6 Å². The van der Waals surface area contributed by atoms with E-state index in [1.807, 2.05) is 54.6 Å². The van der Waals surface area contributed by atoms with Crippen molar-refractivity contribution in [2.75, 3.05) is 0 Å². The van der Waals surface area contributed by atoms with Gasteiger partial charge in [0.1, 0.15) is 17.0 Å². The van der Waals surface area contributed by atoms with E-state index >= 15 is 0 Å². The van der Waals surface area contributed by atoms with Crippen LogP contribution in [0, 0.1) is 5.82 Å².